The first-order chi connectivity index (χ1) is 8.84. The fourth-order valence-corrected chi connectivity index (χ4v) is 2.89. The third-order valence-corrected chi connectivity index (χ3v) is 4.02. The molecule has 0 atom stereocenters. The van der Waals surface area contributed by atoms with Crippen LogP contribution in [0.4, 0.5) is 0 Å². The van der Waals surface area contributed by atoms with Crippen LogP contribution in [-0.2, 0) is 0 Å². The van der Waals surface area contributed by atoms with Crippen LogP contribution in [0.5, 0.6) is 0 Å². The number of hydrogen-bond acceptors (Lipinski definition) is 3. The van der Waals surface area contributed by atoms with Crippen LogP contribution in [0.1, 0.15) is 21.7 Å². The van der Waals surface area contributed by atoms with Gasteiger partial charge in [0.2, 0.25) is 0 Å². The summed E-state index contributed by atoms with van der Waals surface area (Å²) in [6.07, 6.45) is 6.28. The van der Waals surface area contributed by atoms with E-state index in [1.54, 1.807) is 23.7 Å². The van der Waals surface area contributed by atoms with E-state index in [9.17, 15) is 4.79 Å². The zero-order chi connectivity index (χ0) is 12.4. The molecule has 0 fully saturated rings. The zero-order valence-corrected chi connectivity index (χ0v) is 10.6. The lowest BCUT2D eigenvalue weighted by molar-refractivity contribution is 0.0773. The number of nitrogens with one attached hydrogen (secondary N) is 1. The molecule has 1 aliphatic heterocycles. The van der Waals surface area contributed by atoms with Crippen molar-refractivity contribution in [2.75, 3.05) is 13.1 Å². The molecule has 5 heteroatoms. The summed E-state index contributed by atoms with van der Waals surface area (Å²) in [7, 11) is 0. The van der Waals surface area contributed by atoms with Gasteiger partial charge < -0.3 is 4.90 Å². The van der Waals surface area contributed by atoms with Gasteiger partial charge in [-0.3, -0.25) is 9.89 Å². The number of aromatic nitrogens is 2. The highest BCUT2D eigenvalue weighted by atomic mass is 32.1. The lowest BCUT2D eigenvalue weighted by Gasteiger charge is -2.25. The van der Waals surface area contributed by atoms with E-state index in [2.05, 4.69) is 33.8 Å². The maximum atomic E-state index is 12.1. The van der Waals surface area contributed by atoms with Crippen LogP contribution < -0.4 is 0 Å². The van der Waals surface area contributed by atoms with Crippen molar-refractivity contribution in [1.82, 2.24) is 15.1 Å². The largest absolute Gasteiger partial charge is 0.334 e. The highest BCUT2D eigenvalue weighted by Gasteiger charge is 2.19. The molecule has 1 aliphatic rings. The number of carbonyl (C=O) groups is 1. The molecule has 1 N–H and O–H groups in total. The molecule has 92 valence electrons. The molecule has 1 amide bonds. The van der Waals surface area contributed by atoms with Gasteiger partial charge in [0, 0.05) is 24.2 Å². The standard InChI is InChI=1S/C13H13N3OS/c17-13(11-8-14-15-9-11)16-5-3-10(4-6-16)12-2-1-7-18-12/h1-3,7-9H,4-6H2,(H,14,15). The molecule has 0 spiro atoms. The van der Waals surface area contributed by atoms with E-state index in [4.69, 9.17) is 0 Å². The van der Waals surface area contributed by atoms with E-state index >= 15 is 0 Å². The SMILES string of the molecule is O=C(c1cn[nH]c1)N1CC=C(c2cccs2)CC1. The number of amides is 1. The Morgan fingerprint density at radius 2 is 2.44 bits per heavy atom. The average molecular weight is 259 g/mol. The van der Waals surface area contributed by atoms with E-state index in [-0.39, 0.29) is 5.91 Å². The van der Waals surface area contributed by atoms with Gasteiger partial charge in [-0.2, -0.15) is 5.10 Å². The van der Waals surface area contributed by atoms with E-state index in [0.29, 0.717) is 12.1 Å². The third kappa shape index (κ3) is 2.09. The number of rotatable bonds is 2. The molecule has 0 radical (unpaired) electrons. The Morgan fingerprint density at radius 3 is 3.06 bits per heavy atom. The number of carbonyl (C=O) groups excluding carboxylic acids is 1. The van der Waals surface area contributed by atoms with Crippen molar-refractivity contribution in [1.29, 1.82) is 0 Å². The molecule has 0 aliphatic carbocycles. The lowest BCUT2D eigenvalue weighted by atomic mass is 10.1. The van der Waals surface area contributed by atoms with Crippen LogP contribution in [-0.4, -0.2) is 34.1 Å². The Labute approximate surface area is 109 Å². The minimum Gasteiger partial charge on any atom is -0.334 e. The predicted octanol–water partition coefficient (Wildman–Crippen LogP) is 2.40. The first-order valence-electron chi connectivity index (χ1n) is 5.85. The van der Waals surface area contributed by atoms with Gasteiger partial charge in [-0.15, -0.1) is 11.3 Å². The molecule has 0 saturated carbocycles. The second-order valence-corrected chi connectivity index (χ2v) is 5.14. The van der Waals surface area contributed by atoms with Crippen molar-refractivity contribution in [3.63, 3.8) is 0 Å². The number of H-pyrrole nitrogens is 1. The molecule has 18 heavy (non-hydrogen) atoms. The molecule has 2 aromatic heterocycles. The topological polar surface area (TPSA) is 49.0 Å². The van der Waals surface area contributed by atoms with Crippen molar-refractivity contribution < 1.29 is 4.79 Å². The van der Waals surface area contributed by atoms with Crippen molar-refractivity contribution >= 4 is 22.8 Å². The van der Waals surface area contributed by atoms with E-state index < -0.39 is 0 Å². The van der Waals surface area contributed by atoms with Crippen LogP contribution in [0.3, 0.4) is 0 Å². The Morgan fingerprint density at radius 1 is 1.50 bits per heavy atom. The smallest absolute Gasteiger partial charge is 0.257 e. The predicted molar refractivity (Wildman–Crippen MR) is 71.4 cm³/mol. The van der Waals surface area contributed by atoms with Crippen LogP contribution >= 0.6 is 11.3 Å². The Kier molecular flexibility index (Phi) is 2.98. The van der Waals surface area contributed by atoms with Crippen LogP contribution in [0.15, 0.2) is 36.0 Å². The summed E-state index contributed by atoms with van der Waals surface area (Å²) < 4.78 is 0. The summed E-state index contributed by atoms with van der Waals surface area (Å²) in [5.41, 5.74) is 1.98. The maximum Gasteiger partial charge on any atom is 0.257 e. The molecular weight excluding hydrogens is 246 g/mol. The van der Waals surface area contributed by atoms with E-state index in [1.807, 2.05) is 4.90 Å². The summed E-state index contributed by atoms with van der Waals surface area (Å²) in [6.45, 7) is 1.45. The van der Waals surface area contributed by atoms with Gasteiger partial charge in [-0.1, -0.05) is 12.1 Å². The molecule has 0 saturated heterocycles. The van der Waals surface area contributed by atoms with Gasteiger partial charge in [-0.05, 0) is 23.4 Å². The minimum atomic E-state index is 0.0465. The van der Waals surface area contributed by atoms with Crippen molar-refractivity contribution in [2.45, 2.75) is 6.42 Å². The summed E-state index contributed by atoms with van der Waals surface area (Å²) >= 11 is 1.75. The zero-order valence-electron chi connectivity index (χ0n) is 9.80. The van der Waals surface area contributed by atoms with Crippen molar-refractivity contribution in [3.05, 3.63) is 46.4 Å². The van der Waals surface area contributed by atoms with Crippen LogP contribution in [0.25, 0.3) is 5.57 Å². The average Bonchev–Trinajstić information content (AvgIpc) is 3.11. The number of thiophene rings is 1. The first-order valence-corrected chi connectivity index (χ1v) is 6.73. The van der Waals surface area contributed by atoms with Gasteiger partial charge in [0.1, 0.15) is 0 Å². The highest BCUT2D eigenvalue weighted by Crippen LogP contribution is 2.26. The fourth-order valence-electron chi connectivity index (χ4n) is 2.09. The normalized spacial score (nSPS) is 15.6. The molecule has 0 aromatic carbocycles. The van der Waals surface area contributed by atoms with Gasteiger partial charge >= 0.3 is 0 Å². The van der Waals surface area contributed by atoms with Crippen LogP contribution in [0.2, 0.25) is 0 Å². The molecule has 0 bridgehead atoms. The number of hydrogen-bond donors (Lipinski definition) is 1. The second kappa shape index (κ2) is 4.78. The fraction of sp³-hybridized carbons (Fsp3) is 0.231. The van der Waals surface area contributed by atoms with E-state index in [0.717, 1.165) is 13.0 Å². The second-order valence-electron chi connectivity index (χ2n) is 4.19. The first kappa shape index (κ1) is 11.2. The number of aromatic amines is 1. The monoisotopic (exact) mass is 259 g/mol. The lowest BCUT2D eigenvalue weighted by Crippen LogP contribution is -2.34. The Balaban J connectivity index is 1.72. The van der Waals surface area contributed by atoms with Gasteiger partial charge in [0.05, 0.1) is 11.8 Å². The van der Waals surface area contributed by atoms with Crippen molar-refractivity contribution in [2.24, 2.45) is 0 Å². The molecular formula is C13H13N3OS. The van der Waals surface area contributed by atoms with Crippen molar-refractivity contribution in [3.8, 4) is 0 Å². The summed E-state index contributed by atoms with van der Waals surface area (Å²) in [5.74, 6) is 0.0465. The Hall–Kier alpha value is -1.88. The van der Waals surface area contributed by atoms with Crippen LogP contribution in [0, 0.1) is 0 Å². The molecule has 4 nitrogen and oxygen atoms in total. The summed E-state index contributed by atoms with van der Waals surface area (Å²) in [6, 6.07) is 4.19. The Bertz CT molecular complexity index is 557. The van der Waals surface area contributed by atoms with Gasteiger partial charge in [0.25, 0.3) is 5.91 Å². The molecule has 0 unspecified atom stereocenters. The van der Waals surface area contributed by atoms with Gasteiger partial charge in [0.15, 0.2) is 0 Å². The molecule has 3 heterocycles. The third-order valence-electron chi connectivity index (χ3n) is 3.08. The summed E-state index contributed by atoms with van der Waals surface area (Å²) in [4.78, 5) is 15.3. The van der Waals surface area contributed by atoms with E-state index in [1.165, 1.54) is 10.5 Å². The maximum absolute atomic E-state index is 12.1. The number of nitrogens with zero attached hydrogens (tertiary/aromatic N) is 2. The molecule has 2 aromatic rings. The summed E-state index contributed by atoms with van der Waals surface area (Å²) in [5, 5.41) is 8.56. The highest BCUT2D eigenvalue weighted by molar-refractivity contribution is 7.11. The minimum absolute atomic E-state index is 0.0465. The van der Waals surface area contributed by atoms with Gasteiger partial charge in [-0.25, -0.2) is 0 Å². The quantitative estimate of drug-likeness (QED) is 0.900. The molecule has 3 rings (SSSR count).